The number of methoxy groups -OCH3 is 1. The molecule has 2 N–H and O–H groups in total. The average Bonchev–Trinajstić information content (AvgIpc) is 3.10. The van der Waals surface area contributed by atoms with Crippen LogP contribution in [0.25, 0.3) is 11.0 Å². The van der Waals surface area contributed by atoms with Gasteiger partial charge in [-0.25, -0.2) is 9.97 Å². The van der Waals surface area contributed by atoms with Crippen molar-refractivity contribution in [3.8, 4) is 0 Å². The van der Waals surface area contributed by atoms with Gasteiger partial charge in [0.1, 0.15) is 17.8 Å². The first-order chi connectivity index (χ1) is 13.2. The number of aromatic nitrogens is 3. The molecule has 7 heteroatoms. The van der Waals surface area contributed by atoms with Gasteiger partial charge >= 0.3 is 0 Å². The lowest BCUT2D eigenvalue weighted by Gasteiger charge is -2.38. The summed E-state index contributed by atoms with van der Waals surface area (Å²) in [6.45, 7) is 3.50. The minimum absolute atomic E-state index is 0.0383. The number of hydrogen-bond donors (Lipinski definition) is 2. The molecule has 3 heterocycles. The first kappa shape index (κ1) is 17.5. The summed E-state index contributed by atoms with van der Waals surface area (Å²) >= 11 is 0. The Hall–Kier alpha value is -2.93. The summed E-state index contributed by atoms with van der Waals surface area (Å²) in [6, 6.07) is 9.23. The van der Waals surface area contributed by atoms with Crippen LogP contribution in [0.5, 0.6) is 0 Å². The molecule has 2 atom stereocenters. The number of nitrogens with one attached hydrogen (secondary N) is 2. The van der Waals surface area contributed by atoms with Crippen LogP contribution in [0.3, 0.4) is 0 Å². The summed E-state index contributed by atoms with van der Waals surface area (Å²) in [5.41, 5.74) is 2.62. The monoisotopic (exact) mass is 365 g/mol. The van der Waals surface area contributed by atoms with Crippen LogP contribution in [0.4, 0.5) is 5.82 Å². The minimum atomic E-state index is -0.115. The van der Waals surface area contributed by atoms with Crippen molar-refractivity contribution in [2.75, 3.05) is 25.1 Å². The normalized spacial score (nSPS) is 20.0. The third kappa shape index (κ3) is 3.38. The van der Waals surface area contributed by atoms with Gasteiger partial charge in [-0.15, -0.1) is 0 Å². The lowest BCUT2D eigenvalue weighted by atomic mass is 10.0. The lowest BCUT2D eigenvalue weighted by molar-refractivity contribution is 0.0541. The SMILES string of the molecule is COC1CN(c2ncnc3[nH]cc(C)c23)CCC1NC(=O)c1ccccc1. The summed E-state index contributed by atoms with van der Waals surface area (Å²) in [4.78, 5) is 26.7. The molecular formula is C20H23N5O2. The number of ether oxygens (including phenoxy) is 1. The minimum Gasteiger partial charge on any atom is -0.377 e. The quantitative estimate of drug-likeness (QED) is 0.741. The summed E-state index contributed by atoms with van der Waals surface area (Å²) in [7, 11) is 1.69. The number of benzene rings is 1. The molecule has 0 bridgehead atoms. The van der Waals surface area contributed by atoms with Crippen LogP contribution in [0, 0.1) is 6.92 Å². The highest BCUT2D eigenvalue weighted by molar-refractivity contribution is 5.94. The molecule has 0 radical (unpaired) electrons. The molecule has 4 rings (SSSR count). The number of carbonyl (C=O) groups is 1. The number of rotatable bonds is 4. The molecule has 140 valence electrons. The van der Waals surface area contributed by atoms with Crippen LogP contribution in [-0.4, -0.2) is 53.2 Å². The third-order valence-electron chi connectivity index (χ3n) is 5.16. The first-order valence-electron chi connectivity index (χ1n) is 9.09. The van der Waals surface area contributed by atoms with E-state index < -0.39 is 0 Å². The molecule has 1 aliphatic heterocycles. The molecule has 1 amide bonds. The Bertz CT molecular complexity index is 940. The second kappa shape index (κ2) is 7.36. The van der Waals surface area contributed by atoms with Gasteiger partial charge in [0.05, 0.1) is 17.5 Å². The molecule has 2 aromatic heterocycles. The van der Waals surface area contributed by atoms with Crippen LogP contribution in [0.1, 0.15) is 22.3 Å². The summed E-state index contributed by atoms with van der Waals surface area (Å²) in [5.74, 6) is 0.843. The van der Waals surface area contributed by atoms with E-state index in [0.29, 0.717) is 12.1 Å². The lowest BCUT2D eigenvalue weighted by Crippen LogP contribution is -2.55. The maximum Gasteiger partial charge on any atom is 0.251 e. The summed E-state index contributed by atoms with van der Waals surface area (Å²) in [6.07, 6.45) is 4.20. The van der Waals surface area contributed by atoms with Gasteiger partial charge in [-0.3, -0.25) is 4.79 Å². The Morgan fingerprint density at radius 2 is 2.11 bits per heavy atom. The van der Waals surface area contributed by atoms with Gasteiger partial charge in [0.25, 0.3) is 5.91 Å². The number of H-pyrrole nitrogens is 1. The Kier molecular flexibility index (Phi) is 4.77. The number of nitrogens with zero attached hydrogens (tertiary/aromatic N) is 3. The van der Waals surface area contributed by atoms with E-state index in [0.717, 1.165) is 35.4 Å². The zero-order valence-electron chi connectivity index (χ0n) is 15.5. The highest BCUT2D eigenvalue weighted by Gasteiger charge is 2.32. The van der Waals surface area contributed by atoms with Gasteiger partial charge in [-0.1, -0.05) is 18.2 Å². The molecule has 1 saturated heterocycles. The molecule has 2 unspecified atom stereocenters. The largest absolute Gasteiger partial charge is 0.377 e. The van der Waals surface area contributed by atoms with E-state index in [1.54, 1.807) is 13.4 Å². The van der Waals surface area contributed by atoms with Gasteiger partial charge in [0.15, 0.2) is 0 Å². The van der Waals surface area contributed by atoms with Crippen molar-refractivity contribution in [2.45, 2.75) is 25.5 Å². The predicted octanol–water partition coefficient (Wildman–Crippen LogP) is 2.29. The number of amides is 1. The number of carbonyl (C=O) groups excluding carboxylic acids is 1. The number of fused-ring (bicyclic) bond motifs is 1. The Balaban J connectivity index is 1.51. The zero-order valence-corrected chi connectivity index (χ0v) is 15.5. The fourth-order valence-corrected chi connectivity index (χ4v) is 3.69. The van der Waals surface area contributed by atoms with Crippen molar-refractivity contribution in [3.05, 3.63) is 54.0 Å². The second-order valence-electron chi connectivity index (χ2n) is 6.85. The van der Waals surface area contributed by atoms with Gasteiger partial charge in [0, 0.05) is 32.0 Å². The van der Waals surface area contributed by atoms with Crippen molar-refractivity contribution in [2.24, 2.45) is 0 Å². The number of piperidine rings is 1. The maximum atomic E-state index is 12.5. The van der Waals surface area contributed by atoms with Crippen molar-refractivity contribution in [3.63, 3.8) is 0 Å². The molecule has 0 spiro atoms. The second-order valence-corrected chi connectivity index (χ2v) is 6.85. The van der Waals surface area contributed by atoms with Crippen LogP contribution < -0.4 is 10.2 Å². The first-order valence-corrected chi connectivity index (χ1v) is 9.09. The molecule has 7 nitrogen and oxygen atoms in total. The molecule has 0 aliphatic carbocycles. The fraction of sp³-hybridized carbons (Fsp3) is 0.350. The van der Waals surface area contributed by atoms with Crippen LogP contribution in [0.15, 0.2) is 42.9 Å². The van der Waals surface area contributed by atoms with Gasteiger partial charge < -0.3 is 19.9 Å². The predicted molar refractivity (Wildman–Crippen MR) is 104 cm³/mol. The maximum absolute atomic E-state index is 12.5. The molecule has 3 aromatic rings. The van der Waals surface area contributed by atoms with E-state index in [1.165, 1.54) is 0 Å². The summed E-state index contributed by atoms with van der Waals surface area (Å²) in [5, 5.41) is 4.16. The molecule has 1 fully saturated rings. The number of anilines is 1. The van der Waals surface area contributed by atoms with E-state index in [2.05, 4.69) is 25.2 Å². The molecule has 0 saturated carbocycles. The van der Waals surface area contributed by atoms with E-state index >= 15 is 0 Å². The molecule has 1 aromatic carbocycles. The standard InChI is InChI=1S/C20H23N5O2/c1-13-10-21-18-17(13)19(23-12-22-18)25-9-8-15(16(11-25)27-2)24-20(26)14-6-4-3-5-7-14/h3-7,10,12,15-16H,8-9,11H2,1-2H3,(H,24,26)(H,21,22,23). The average molecular weight is 365 g/mol. The van der Waals surface area contributed by atoms with E-state index in [4.69, 9.17) is 4.74 Å². The highest BCUT2D eigenvalue weighted by Crippen LogP contribution is 2.28. The van der Waals surface area contributed by atoms with Crippen LogP contribution in [-0.2, 0) is 4.74 Å². The van der Waals surface area contributed by atoms with Crippen LogP contribution in [0.2, 0.25) is 0 Å². The number of aromatic amines is 1. The Morgan fingerprint density at radius 3 is 2.89 bits per heavy atom. The molecule has 27 heavy (non-hydrogen) atoms. The van der Waals surface area contributed by atoms with Crippen molar-refractivity contribution >= 4 is 22.8 Å². The van der Waals surface area contributed by atoms with Gasteiger partial charge in [-0.05, 0) is 31.0 Å². The fourth-order valence-electron chi connectivity index (χ4n) is 3.69. The van der Waals surface area contributed by atoms with Crippen molar-refractivity contribution in [1.29, 1.82) is 0 Å². The van der Waals surface area contributed by atoms with Crippen molar-refractivity contribution < 1.29 is 9.53 Å². The zero-order chi connectivity index (χ0) is 18.8. The number of aryl methyl sites for hydroxylation is 1. The van der Waals surface area contributed by atoms with Gasteiger partial charge in [-0.2, -0.15) is 0 Å². The topological polar surface area (TPSA) is 83.1 Å². The van der Waals surface area contributed by atoms with E-state index in [9.17, 15) is 4.79 Å². The smallest absolute Gasteiger partial charge is 0.251 e. The van der Waals surface area contributed by atoms with E-state index in [1.807, 2.05) is 43.5 Å². The number of hydrogen-bond acceptors (Lipinski definition) is 5. The Labute approximate surface area is 157 Å². The third-order valence-corrected chi connectivity index (χ3v) is 5.16. The molecular weight excluding hydrogens is 342 g/mol. The van der Waals surface area contributed by atoms with Crippen molar-refractivity contribution in [1.82, 2.24) is 20.3 Å². The highest BCUT2D eigenvalue weighted by atomic mass is 16.5. The van der Waals surface area contributed by atoms with Gasteiger partial charge in [0.2, 0.25) is 0 Å². The van der Waals surface area contributed by atoms with E-state index in [-0.39, 0.29) is 18.1 Å². The summed E-state index contributed by atoms with van der Waals surface area (Å²) < 4.78 is 5.71. The Morgan fingerprint density at radius 1 is 1.30 bits per heavy atom. The molecule has 1 aliphatic rings. The van der Waals surface area contributed by atoms with Crippen LogP contribution >= 0.6 is 0 Å².